The third kappa shape index (κ3) is 5.46. The first-order valence-electron chi connectivity index (χ1n) is 10.4. The van der Waals surface area contributed by atoms with Crippen LogP contribution in [0.5, 0.6) is 5.75 Å². The van der Waals surface area contributed by atoms with Crippen molar-refractivity contribution in [3.05, 3.63) is 59.7 Å². The van der Waals surface area contributed by atoms with Crippen LogP contribution in [0.25, 0.3) is 0 Å². The molecule has 0 aliphatic carbocycles. The zero-order valence-electron chi connectivity index (χ0n) is 18.2. The number of nitrogens with one attached hydrogen (secondary N) is 1. The summed E-state index contributed by atoms with van der Waals surface area (Å²) < 4.78 is 37.4. The molecule has 8 nitrogen and oxygen atoms in total. The average molecular weight is 461 g/mol. The number of ether oxygens (including phenoxy) is 2. The molecule has 0 unspecified atom stereocenters. The van der Waals surface area contributed by atoms with Crippen molar-refractivity contribution in [1.29, 1.82) is 0 Å². The highest BCUT2D eigenvalue weighted by molar-refractivity contribution is 7.89. The van der Waals surface area contributed by atoms with Crippen molar-refractivity contribution in [3.63, 3.8) is 0 Å². The van der Waals surface area contributed by atoms with Crippen molar-refractivity contribution in [2.75, 3.05) is 33.9 Å². The molecule has 1 N–H and O–H groups in total. The molecule has 0 bridgehead atoms. The number of nitrogens with zero attached hydrogens (tertiary/aromatic N) is 1. The first-order valence-corrected chi connectivity index (χ1v) is 11.9. The quantitative estimate of drug-likeness (QED) is 0.606. The largest absolute Gasteiger partial charge is 0.497 e. The molecule has 1 fully saturated rings. The maximum Gasteiger partial charge on any atom is 0.339 e. The Morgan fingerprint density at radius 1 is 1.03 bits per heavy atom. The zero-order chi connectivity index (χ0) is 23.1. The van der Waals surface area contributed by atoms with Crippen molar-refractivity contribution >= 4 is 21.9 Å². The van der Waals surface area contributed by atoms with E-state index in [1.165, 1.54) is 23.5 Å². The van der Waals surface area contributed by atoms with Gasteiger partial charge in [0.05, 0.1) is 24.7 Å². The smallest absolute Gasteiger partial charge is 0.339 e. The molecule has 9 heteroatoms. The first kappa shape index (κ1) is 23.7. The van der Waals surface area contributed by atoms with E-state index < -0.39 is 16.0 Å². The molecule has 0 atom stereocenters. The Kier molecular flexibility index (Phi) is 7.87. The predicted molar refractivity (Wildman–Crippen MR) is 119 cm³/mol. The first-order chi connectivity index (χ1) is 15.4. The Morgan fingerprint density at radius 3 is 2.31 bits per heavy atom. The van der Waals surface area contributed by atoms with Gasteiger partial charge in [0.25, 0.3) is 0 Å². The van der Waals surface area contributed by atoms with Crippen molar-refractivity contribution < 1.29 is 27.5 Å². The van der Waals surface area contributed by atoms with E-state index in [0.717, 1.165) is 11.3 Å². The lowest BCUT2D eigenvalue weighted by Crippen LogP contribution is -2.43. The van der Waals surface area contributed by atoms with Crippen LogP contribution in [0.2, 0.25) is 0 Å². The molecule has 172 valence electrons. The van der Waals surface area contributed by atoms with E-state index in [-0.39, 0.29) is 35.4 Å². The molecule has 1 aliphatic rings. The zero-order valence-corrected chi connectivity index (χ0v) is 19.1. The lowest BCUT2D eigenvalue weighted by Gasteiger charge is -2.31. The fraction of sp³-hybridized carbons (Fsp3) is 0.391. The fourth-order valence-corrected chi connectivity index (χ4v) is 5.38. The summed E-state index contributed by atoms with van der Waals surface area (Å²) in [4.78, 5) is 24.4. The van der Waals surface area contributed by atoms with E-state index in [9.17, 15) is 18.0 Å². The fourth-order valence-electron chi connectivity index (χ4n) is 3.73. The highest BCUT2D eigenvalue weighted by Crippen LogP contribution is 2.26. The average Bonchev–Trinajstić information content (AvgIpc) is 2.84. The van der Waals surface area contributed by atoms with Crippen molar-refractivity contribution in [3.8, 4) is 5.75 Å². The molecule has 1 saturated heterocycles. The molecule has 2 aromatic rings. The number of esters is 1. The number of sulfonamides is 1. The lowest BCUT2D eigenvalue weighted by atomic mass is 9.97. The molecule has 1 heterocycles. The number of hydrogen-bond donors (Lipinski definition) is 1. The third-order valence-corrected chi connectivity index (χ3v) is 7.56. The van der Waals surface area contributed by atoms with Crippen LogP contribution in [0.15, 0.2) is 53.4 Å². The van der Waals surface area contributed by atoms with Crippen LogP contribution in [0, 0.1) is 5.92 Å². The Hall–Kier alpha value is -2.91. The molecule has 1 aliphatic heterocycles. The van der Waals surface area contributed by atoms with Gasteiger partial charge in [-0.2, -0.15) is 4.31 Å². The number of carbonyl (C=O) groups is 2. The van der Waals surface area contributed by atoms with Crippen LogP contribution >= 0.6 is 0 Å². The molecule has 0 saturated carbocycles. The summed E-state index contributed by atoms with van der Waals surface area (Å²) in [5.74, 6) is -0.220. The second-order valence-electron chi connectivity index (χ2n) is 7.56. The van der Waals surface area contributed by atoms with E-state index >= 15 is 0 Å². The van der Waals surface area contributed by atoms with E-state index in [0.29, 0.717) is 25.8 Å². The van der Waals surface area contributed by atoms with Gasteiger partial charge in [0.2, 0.25) is 15.9 Å². The van der Waals surface area contributed by atoms with Gasteiger partial charge < -0.3 is 14.8 Å². The molecule has 0 aromatic heterocycles. The molecule has 1 amide bonds. The highest BCUT2D eigenvalue weighted by atomic mass is 32.2. The Balaban J connectivity index is 1.54. The minimum atomic E-state index is -3.87. The molecular formula is C23H28N2O6S. The molecule has 0 radical (unpaired) electrons. The van der Waals surface area contributed by atoms with Gasteiger partial charge in [0.1, 0.15) is 5.75 Å². The van der Waals surface area contributed by atoms with E-state index in [1.807, 2.05) is 24.3 Å². The molecular weight excluding hydrogens is 432 g/mol. The minimum Gasteiger partial charge on any atom is -0.497 e. The number of amides is 1. The predicted octanol–water partition coefficient (Wildman–Crippen LogP) is 2.24. The summed E-state index contributed by atoms with van der Waals surface area (Å²) in [7, 11) is -1.04. The topological polar surface area (TPSA) is 102 Å². The van der Waals surface area contributed by atoms with E-state index in [4.69, 9.17) is 9.47 Å². The summed E-state index contributed by atoms with van der Waals surface area (Å²) in [6, 6.07) is 13.7. The van der Waals surface area contributed by atoms with Gasteiger partial charge in [-0.3, -0.25) is 4.79 Å². The van der Waals surface area contributed by atoms with Crippen LogP contribution in [0.1, 0.15) is 28.8 Å². The second kappa shape index (κ2) is 10.6. The number of piperidine rings is 1. The van der Waals surface area contributed by atoms with Gasteiger partial charge in [-0.25, -0.2) is 13.2 Å². The van der Waals surface area contributed by atoms with Crippen molar-refractivity contribution in [2.45, 2.75) is 24.2 Å². The SMILES string of the molecule is COC(=O)c1ccccc1S(=O)(=O)N1CCC(C(=O)NCCc2ccc(OC)cc2)CC1. The van der Waals surface area contributed by atoms with Crippen LogP contribution in [-0.4, -0.2) is 58.5 Å². The van der Waals surface area contributed by atoms with Gasteiger partial charge in [0, 0.05) is 25.6 Å². The maximum absolute atomic E-state index is 13.1. The summed E-state index contributed by atoms with van der Waals surface area (Å²) >= 11 is 0. The maximum atomic E-state index is 13.1. The monoisotopic (exact) mass is 460 g/mol. The van der Waals surface area contributed by atoms with Crippen LogP contribution in [0.4, 0.5) is 0 Å². The van der Waals surface area contributed by atoms with E-state index in [2.05, 4.69) is 5.32 Å². The number of benzene rings is 2. The lowest BCUT2D eigenvalue weighted by molar-refractivity contribution is -0.126. The third-order valence-electron chi connectivity index (χ3n) is 5.61. The van der Waals surface area contributed by atoms with E-state index in [1.54, 1.807) is 19.2 Å². The van der Waals surface area contributed by atoms with Gasteiger partial charge >= 0.3 is 5.97 Å². The van der Waals surface area contributed by atoms with Crippen LogP contribution in [-0.2, 0) is 26.0 Å². The summed E-state index contributed by atoms with van der Waals surface area (Å²) in [6.45, 7) is 0.943. The Labute approximate surface area is 188 Å². The van der Waals surface area contributed by atoms with Crippen molar-refractivity contribution in [1.82, 2.24) is 9.62 Å². The van der Waals surface area contributed by atoms with Gasteiger partial charge in [-0.05, 0) is 49.1 Å². The second-order valence-corrected chi connectivity index (χ2v) is 9.46. The van der Waals surface area contributed by atoms with Gasteiger partial charge in [-0.1, -0.05) is 24.3 Å². The molecule has 3 rings (SSSR count). The Morgan fingerprint density at radius 2 is 1.69 bits per heavy atom. The Bertz CT molecular complexity index is 1040. The number of hydrogen-bond acceptors (Lipinski definition) is 6. The molecule has 2 aromatic carbocycles. The minimum absolute atomic E-state index is 0.00778. The number of carbonyl (C=O) groups excluding carboxylic acids is 2. The highest BCUT2D eigenvalue weighted by Gasteiger charge is 2.34. The summed E-state index contributed by atoms with van der Waals surface area (Å²) in [5, 5.41) is 2.95. The standard InChI is InChI=1S/C23H28N2O6S/c1-30-19-9-7-17(8-10-19)11-14-24-22(26)18-12-15-25(16-13-18)32(28,29)21-6-4-3-5-20(21)23(27)31-2/h3-10,18H,11-16H2,1-2H3,(H,24,26). The van der Waals surface area contributed by atoms with Crippen LogP contribution in [0.3, 0.4) is 0 Å². The normalized spacial score (nSPS) is 15.2. The number of methoxy groups -OCH3 is 2. The molecule has 0 spiro atoms. The van der Waals surface area contributed by atoms with Crippen molar-refractivity contribution in [2.24, 2.45) is 5.92 Å². The van der Waals surface area contributed by atoms with Crippen LogP contribution < -0.4 is 10.1 Å². The number of rotatable bonds is 8. The van der Waals surface area contributed by atoms with Gasteiger partial charge in [-0.15, -0.1) is 0 Å². The summed E-state index contributed by atoms with van der Waals surface area (Å²) in [6.07, 6.45) is 1.55. The van der Waals surface area contributed by atoms with Gasteiger partial charge in [0.15, 0.2) is 0 Å². The summed E-state index contributed by atoms with van der Waals surface area (Å²) in [5.41, 5.74) is 1.10. The molecule has 32 heavy (non-hydrogen) atoms.